The largest absolute Gasteiger partial charge is 0.497 e. The number of likely N-dealkylation sites (N-methyl/N-ethyl adjacent to an activating group) is 5. The molecule has 496 valence electrons. The van der Waals surface area contributed by atoms with Gasteiger partial charge in [0.25, 0.3) is 0 Å². The standard InChI is InChI=1S/C62H107N9O16/c1-20-23-43(85-17)33-44(86-18)34-51(75)70(14)53(38(8)21-2)57(78)65-46(35-72)55(76)66-52(40(10)73)60(81)68(12)48(31-37(6)7)56(77)64-45(30-36(4)5)58(79)71(15)54(39(9)22-3)61(82)67(11)47(28-29-50(63)74)59(80)69(13)49(62(83)87-19)32-41-24-26-42(84-16)27-25-41/h24-27,36-40,43-49,52-54,72-73H,20-23,28-35H2,1-19H3,(H2,63,74)(H,64,77)(H,65,78)(H,66,76)/t38?,39?,40-,43?,44?,45-,46-,47+,48+,49+,52+,53?,54?/m1/s1. The molecule has 25 nitrogen and oxygen atoms in total. The van der Waals surface area contributed by atoms with E-state index in [4.69, 9.17) is 24.7 Å². The maximum atomic E-state index is 15.0. The number of rotatable bonds is 40. The molecular formula is C62H107N9O16. The molecule has 0 saturated heterocycles. The molecule has 0 aromatic heterocycles. The van der Waals surface area contributed by atoms with Gasteiger partial charge in [-0.3, -0.25) is 43.2 Å². The van der Waals surface area contributed by atoms with Gasteiger partial charge >= 0.3 is 5.97 Å². The molecule has 1 rings (SSSR count). The second-order valence-corrected chi connectivity index (χ2v) is 23.8. The lowest BCUT2D eigenvalue weighted by Gasteiger charge is -2.40. The fourth-order valence-electron chi connectivity index (χ4n) is 10.5. The summed E-state index contributed by atoms with van der Waals surface area (Å²) in [5.41, 5.74) is 6.25. The first kappa shape index (κ1) is 78.6. The highest BCUT2D eigenvalue weighted by molar-refractivity contribution is 5.98. The van der Waals surface area contributed by atoms with Gasteiger partial charge in [0, 0.05) is 68.7 Å². The average molecular weight is 1230 g/mol. The van der Waals surface area contributed by atoms with Gasteiger partial charge in [0.2, 0.25) is 53.2 Å². The highest BCUT2D eigenvalue weighted by Crippen LogP contribution is 2.25. The van der Waals surface area contributed by atoms with E-state index in [0.29, 0.717) is 30.6 Å². The molecule has 0 saturated carbocycles. The van der Waals surface area contributed by atoms with Crippen LogP contribution in [0.5, 0.6) is 5.75 Å². The Morgan fingerprint density at radius 1 is 0.563 bits per heavy atom. The van der Waals surface area contributed by atoms with Gasteiger partial charge in [-0.05, 0) is 74.0 Å². The first-order valence-electron chi connectivity index (χ1n) is 30.3. The summed E-state index contributed by atoms with van der Waals surface area (Å²) in [5, 5.41) is 29.4. The van der Waals surface area contributed by atoms with Crippen LogP contribution < -0.4 is 26.4 Å². The molecule has 1 aromatic carbocycles. The molecule has 0 spiro atoms. The van der Waals surface area contributed by atoms with Crippen molar-refractivity contribution in [1.82, 2.24) is 40.4 Å². The van der Waals surface area contributed by atoms with Crippen LogP contribution in [0.4, 0.5) is 0 Å². The smallest absolute Gasteiger partial charge is 0.328 e. The summed E-state index contributed by atoms with van der Waals surface area (Å²) in [6.45, 7) is 16.7. The minimum atomic E-state index is -1.73. The Balaban J connectivity index is 3.64. The molecule has 1 aromatic rings. The number of nitrogens with two attached hydrogens (primary N) is 1. The Morgan fingerprint density at radius 3 is 1.56 bits per heavy atom. The number of benzene rings is 1. The van der Waals surface area contributed by atoms with Crippen molar-refractivity contribution in [3.8, 4) is 5.75 Å². The second-order valence-electron chi connectivity index (χ2n) is 23.8. The molecule has 13 atom stereocenters. The lowest BCUT2D eigenvalue weighted by Crippen LogP contribution is -2.63. The lowest BCUT2D eigenvalue weighted by atomic mass is 9.93. The number of hydrogen-bond acceptors (Lipinski definition) is 16. The zero-order chi connectivity index (χ0) is 66.7. The van der Waals surface area contributed by atoms with E-state index < -0.39 is 138 Å². The number of primary amides is 1. The molecule has 0 fully saturated rings. The lowest BCUT2D eigenvalue weighted by molar-refractivity contribution is -0.157. The van der Waals surface area contributed by atoms with Crippen LogP contribution in [0, 0.1) is 23.7 Å². The first-order chi connectivity index (χ1) is 40.8. The predicted molar refractivity (Wildman–Crippen MR) is 328 cm³/mol. The number of nitrogens with zero attached hydrogens (tertiary/aromatic N) is 5. The summed E-state index contributed by atoms with van der Waals surface area (Å²) in [5.74, 6) is -8.31. The van der Waals surface area contributed by atoms with Crippen LogP contribution >= 0.6 is 0 Å². The van der Waals surface area contributed by atoms with Crippen LogP contribution in [0.15, 0.2) is 24.3 Å². The Bertz CT molecular complexity index is 2380. The molecule has 9 amide bonds. The summed E-state index contributed by atoms with van der Waals surface area (Å²) in [6, 6.07) is -3.98. The Kier molecular flexibility index (Phi) is 35.0. The number of amides is 9. The van der Waals surface area contributed by atoms with Crippen LogP contribution in [-0.4, -0.2) is 231 Å². The van der Waals surface area contributed by atoms with Crippen LogP contribution in [0.25, 0.3) is 0 Å². The third-order valence-electron chi connectivity index (χ3n) is 16.3. The first-order valence-corrected chi connectivity index (χ1v) is 30.3. The Hall–Kier alpha value is -6.44. The van der Waals surface area contributed by atoms with E-state index in [-0.39, 0.29) is 56.5 Å². The van der Waals surface area contributed by atoms with Gasteiger partial charge in [-0.1, -0.05) is 93.7 Å². The number of nitrogens with one attached hydrogen (secondary N) is 3. The van der Waals surface area contributed by atoms with Crippen LogP contribution in [0.3, 0.4) is 0 Å². The quantitative estimate of drug-likeness (QED) is 0.0514. The summed E-state index contributed by atoms with van der Waals surface area (Å²) in [7, 11) is 12.7. The molecule has 0 aliphatic carbocycles. The molecule has 87 heavy (non-hydrogen) atoms. The number of carbonyl (C=O) groups is 10. The summed E-state index contributed by atoms with van der Waals surface area (Å²) in [4.78, 5) is 147. The average Bonchev–Trinajstić information content (AvgIpc) is 1.69. The van der Waals surface area contributed by atoms with Gasteiger partial charge in [0.1, 0.15) is 54.1 Å². The zero-order valence-corrected chi connectivity index (χ0v) is 55.4. The van der Waals surface area contributed by atoms with Crippen molar-refractivity contribution >= 4 is 59.1 Å². The van der Waals surface area contributed by atoms with Gasteiger partial charge < -0.3 is 75.3 Å². The molecular weight excluding hydrogens is 1130 g/mol. The third-order valence-corrected chi connectivity index (χ3v) is 16.3. The van der Waals surface area contributed by atoms with Crippen molar-refractivity contribution < 1.29 is 77.1 Å². The number of methoxy groups -OCH3 is 4. The summed E-state index contributed by atoms with van der Waals surface area (Å²) < 4.78 is 21.6. The third kappa shape index (κ3) is 23.9. The van der Waals surface area contributed by atoms with Crippen molar-refractivity contribution in [2.75, 3.05) is 70.3 Å². The van der Waals surface area contributed by atoms with E-state index in [1.165, 1.54) is 73.3 Å². The molecule has 0 aliphatic heterocycles. The van der Waals surface area contributed by atoms with E-state index >= 15 is 4.79 Å². The van der Waals surface area contributed by atoms with Gasteiger partial charge in [-0.25, -0.2) is 4.79 Å². The highest BCUT2D eigenvalue weighted by Gasteiger charge is 2.44. The second kappa shape index (κ2) is 38.8. The van der Waals surface area contributed by atoms with Gasteiger partial charge in [-0.2, -0.15) is 0 Å². The van der Waals surface area contributed by atoms with E-state index in [9.17, 15) is 53.4 Å². The highest BCUT2D eigenvalue weighted by atomic mass is 16.5. The minimum Gasteiger partial charge on any atom is -0.497 e. The van der Waals surface area contributed by atoms with Crippen molar-refractivity contribution in [2.45, 2.75) is 207 Å². The molecule has 25 heteroatoms. The number of ether oxygens (including phenoxy) is 4. The van der Waals surface area contributed by atoms with Crippen molar-refractivity contribution in [3.05, 3.63) is 29.8 Å². The molecule has 0 radical (unpaired) electrons. The van der Waals surface area contributed by atoms with E-state index in [1.807, 2.05) is 34.6 Å². The summed E-state index contributed by atoms with van der Waals surface area (Å²) >= 11 is 0. The monoisotopic (exact) mass is 1230 g/mol. The van der Waals surface area contributed by atoms with E-state index in [1.54, 1.807) is 59.1 Å². The van der Waals surface area contributed by atoms with Gasteiger partial charge in [-0.15, -0.1) is 0 Å². The summed E-state index contributed by atoms with van der Waals surface area (Å²) in [6.07, 6.45) is 0.154. The van der Waals surface area contributed by atoms with Crippen LogP contribution in [-0.2, 0) is 68.6 Å². The van der Waals surface area contributed by atoms with Crippen LogP contribution in [0.2, 0.25) is 0 Å². The van der Waals surface area contributed by atoms with Gasteiger partial charge in [0.05, 0.1) is 45.6 Å². The zero-order valence-electron chi connectivity index (χ0n) is 55.4. The number of carbonyl (C=O) groups excluding carboxylic acids is 10. The Labute approximate surface area is 516 Å². The fourth-order valence-corrected chi connectivity index (χ4v) is 10.5. The normalized spacial score (nSPS) is 15.9. The molecule has 6 unspecified atom stereocenters. The molecule has 0 heterocycles. The van der Waals surface area contributed by atoms with Gasteiger partial charge in [0.15, 0.2) is 0 Å². The maximum Gasteiger partial charge on any atom is 0.328 e. The SMILES string of the molecule is CCCC(CC(CC(=O)N(C)C(C(=O)N[C@H](CO)C(=O)N[C@H](C(=O)N(C)[C@@H](CC(C)C)C(=O)N[C@H](CC(C)C)C(=O)N(C)C(C(=O)N(C)[C@@H](CCC(N)=O)C(=O)N(C)[C@@H](Cc1ccc(OC)cc1)C(=O)OC)C(C)CC)[C@@H](C)O)C(C)CC)OC)OC. The fraction of sp³-hybridized carbons (Fsp3) is 0.742. The maximum absolute atomic E-state index is 15.0. The molecule has 0 aliphatic rings. The number of hydrogen-bond donors (Lipinski definition) is 6. The molecule has 7 N–H and O–H groups in total. The topological polar surface area (TPSA) is 326 Å². The van der Waals surface area contributed by atoms with Crippen molar-refractivity contribution in [2.24, 2.45) is 29.4 Å². The minimum absolute atomic E-state index is 0.0251. The number of aliphatic hydroxyl groups excluding tert-OH is 2. The van der Waals surface area contributed by atoms with E-state index in [0.717, 1.165) is 27.5 Å². The number of aliphatic hydroxyl groups is 2. The van der Waals surface area contributed by atoms with Crippen molar-refractivity contribution in [1.29, 1.82) is 0 Å². The predicted octanol–water partition coefficient (Wildman–Crippen LogP) is 2.43. The van der Waals surface area contributed by atoms with E-state index in [2.05, 4.69) is 16.0 Å². The molecule has 0 bridgehead atoms. The Morgan fingerprint density at radius 2 is 1.09 bits per heavy atom. The van der Waals surface area contributed by atoms with Crippen LogP contribution in [0.1, 0.15) is 139 Å². The number of esters is 1. The van der Waals surface area contributed by atoms with Crippen molar-refractivity contribution in [3.63, 3.8) is 0 Å².